The first kappa shape index (κ1) is 20.4. The van der Waals surface area contributed by atoms with Gasteiger partial charge in [0.05, 0.1) is 25.6 Å². The van der Waals surface area contributed by atoms with Crippen LogP contribution in [0, 0.1) is 0 Å². The van der Waals surface area contributed by atoms with E-state index in [1.54, 1.807) is 20.3 Å². The summed E-state index contributed by atoms with van der Waals surface area (Å²) < 4.78 is 10.9. The number of hydrogen-bond acceptors (Lipinski definition) is 7. The largest absolute Gasteiger partial charge is 0.493 e. The van der Waals surface area contributed by atoms with Gasteiger partial charge in [-0.15, -0.1) is 10.2 Å². The maximum atomic E-state index is 13.1. The van der Waals surface area contributed by atoms with Crippen LogP contribution < -0.4 is 14.8 Å². The molecule has 1 atom stereocenters. The van der Waals surface area contributed by atoms with Crippen LogP contribution in [0.15, 0.2) is 71.7 Å². The number of aliphatic imine (C=N–C) groups is 1. The lowest BCUT2D eigenvalue weighted by molar-refractivity contribution is -0.115. The molecule has 1 aliphatic heterocycles. The number of aromatic amines is 1. The Kier molecular flexibility index (Phi) is 5.27. The van der Waals surface area contributed by atoms with E-state index in [0.717, 1.165) is 16.7 Å². The summed E-state index contributed by atoms with van der Waals surface area (Å²) in [7, 11) is 3.13. The SMILES string of the molecule is COc1cc2c(cc1OC)C(C(=Nc1ccc(-c3nn[nH]n3)cc1)c1ccccc1)C(=O)N2. The van der Waals surface area contributed by atoms with Gasteiger partial charge in [-0.25, -0.2) is 0 Å². The molecular weight excluding hydrogens is 420 g/mol. The van der Waals surface area contributed by atoms with Crippen molar-refractivity contribution in [3.05, 3.63) is 77.9 Å². The van der Waals surface area contributed by atoms with Crippen LogP contribution in [0.5, 0.6) is 11.5 Å². The highest BCUT2D eigenvalue weighted by molar-refractivity contribution is 6.24. The van der Waals surface area contributed by atoms with Crippen molar-refractivity contribution >= 4 is 23.0 Å². The smallest absolute Gasteiger partial charge is 0.238 e. The van der Waals surface area contributed by atoms with Gasteiger partial charge in [0.1, 0.15) is 5.92 Å². The lowest BCUT2D eigenvalue weighted by atomic mass is 9.90. The van der Waals surface area contributed by atoms with E-state index in [2.05, 4.69) is 25.9 Å². The maximum absolute atomic E-state index is 13.1. The molecule has 0 bridgehead atoms. The minimum absolute atomic E-state index is 0.161. The highest BCUT2D eigenvalue weighted by Gasteiger charge is 2.36. The van der Waals surface area contributed by atoms with Gasteiger partial charge in [-0.3, -0.25) is 9.79 Å². The maximum Gasteiger partial charge on any atom is 0.238 e. The van der Waals surface area contributed by atoms with E-state index in [1.165, 1.54) is 0 Å². The van der Waals surface area contributed by atoms with Crippen molar-refractivity contribution in [1.82, 2.24) is 20.6 Å². The molecule has 0 radical (unpaired) electrons. The Morgan fingerprint density at radius 3 is 2.36 bits per heavy atom. The predicted octanol–water partition coefficient (Wildman–Crippen LogP) is 3.74. The molecule has 1 amide bonds. The fourth-order valence-corrected chi connectivity index (χ4v) is 3.87. The topological polar surface area (TPSA) is 114 Å². The van der Waals surface area contributed by atoms with E-state index in [9.17, 15) is 4.79 Å². The molecule has 164 valence electrons. The van der Waals surface area contributed by atoms with E-state index in [0.29, 0.717) is 34.4 Å². The summed E-state index contributed by atoms with van der Waals surface area (Å²) in [4.78, 5) is 18.0. The minimum Gasteiger partial charge on any atom is -0.493 e. The molecule has 5 rings (SSSR count). The Hall–Kier alpha value is -4.53. The number of fused-ring (bicyclic) bond motifs is 1. The van der Waals surface area contributed by atoms with Gasteiger partial charge in [0, 0.05) is 17.3 Å². The number of ether oxygens (including phenoxy) is 2. The van der Waals surface area contributed by atoms with Crippen LogP contribution in [-0.2, 0) is 4.79 Å². The first-order chi connectivity index (χ1) is 16.2. The third-order valence-electron chi connectivity index (χ3n) is 5.45. The number of rotatable bonds is 6. The average Bonchev–Trinajstić information content (AvgIpc) is 3.50. The number of carbonyl (C=O) groups excluding carboxylic acids is 1. The second-order valence-electron chi connectivity index (χ2n) is 7.36. The summed E-state index contributed by atoms with van der Waals surface area (Å²) in [5.74, 6) is 0.825. The number of hydrogen-bond donors (Lipinski definition) is 2. The van der Waals surface area contributed by atoms with Crippen LogP contribution in [0.3, 0.4) is 0 Å². The quantitative estimate of drug-likeness (QED) is 0.442. The Bertz CT molecular complexity index is 1320. The molecular formula is C24H20N6O3. The van der Waals surface area contributed by atoms with Crippen LogP contribution in [0.4, 0.5) is 11.4 Å². The van der Waals surface area contributed by atoms with Crippen molar-refractivity contribution in [2.24, 2.45) is 4.99 Å². The van der Waals surface area contributed by atoms with Crippen LogP contribution in [0.25, 0.3) is 11.4 Å². The highest BCUT2D eigenvalue weighted by Crippen LogP contribution is 2.42. The van der Waals surface area contributed by atoms with E-state index in [4.69, 9.17) is 14.5 Å². The first-order valence-corrected chi connectivity index (χ1v) is 10.2. The van der Waals surface area contributed by atoms with Gasteiger partial charge in [-0.2, -0.15) is 5.21 Å². The van der Waals surface area contributed by atoms with Crippen molar-refractivity contribution in [2.75, 3.05) is 19.5 Å². The van der Waals surface area contributed by atoms with Crippen LogP contribution in [0.1, 0.15) is 17.0 Å². The molecule has 3 aromatic carbocycles. The number of nitrogens with one attached hydrogen (secondary N) is 2. The van der Waals surface area contributed by atoms with E-state index < -0.39 is 5.92 Å². The van der Waals surface area contributed by atoms with Gasteiger partial charge in [0.25, 0.3) is 0 Å². The first-order valence-electron chi connectivity index (χ1n) is 10.2. The third kappa shape index (κ3) is 3.80. The van der Waals surface area contributed by atoms with Crippen molar-refractivity contribution in [2.45, 2.75) is 5.92 Å². The lowest BCUT2D eigenvalue weighted by Gasteiger charge is -2.15. The monoisotopic (exact) mass is 440 g/mol. The van der Waals surface area contributed by atoms with Crippen LogP contribution in [0.2, 0.25) is 0 Å². The molecule has 4 aromatic rings. The Balaban J connectivity index is 1.61. The zero-order chi connectivity index (χ0) is 22.8. The summed E-state index contributed by atoms with van der Waals surface area (Å²) in [6.07, 6.45) is 0. The normalized spacial score (nSPS) is 15.2. The molecule has 0 saturated heterocycles. The molecule has 2 N–H and O–H groups in total. The number of carbonyl (C=O) groups is 1. The number of benzene rings is 3. The molecule has 0 spiro atoms. The fraction of sp³-hybridized carbons (Fsp3) is 0.125. The lowest BCUT2D eigenvalue weighted by Crippen LogP contribution is -2.22. The van der Waals surface area contributed by atoms with Gasteiger partial charge in [-0.05, 0) is 46.7 Å². The number of methoxy groups -OCH3 is 2. The molecule has 0 saturated carbocycles. The number of tetrazole rings is 1. The van der Waals surface area contributed by atoms with Crippen molar-refractivity contribution in [3.63, 3.8) is 0 Å². The molecule has 9 nitrogen and oxygen atoms in total. The summed E-state index contributed by atoms with van der Waals surface area (Å²) >= 11 is 0. The number of amides is 1. The Morgan fingerprint density at radius 2 is 1.70 bits per heavy atom. The van der Waals surface area contributed by atoms with Crippen LogP contribution in [-0.4, -0.2) is 46.5 Å². The zero-order valence-electron chi connectivity index (χ0n) is 17.9. The molecule has 2 heterocycles. The van der Waals surface area contributed by atoms with Crippen molar-refractivity contribution in [3.8, 4) is 22.9 Å². The summed E-state index contributed by atoms with van der Waals surface area (Å²) in [5, 5.41) is 17.0. The van der Waals surface area contributed by atoms with Crippen LogP contribution >= 0.6 is 0 Å². The number of aromatic nitrogens is 4. The van der Waals surface area contributed by atoms with E-state index in [-0.39, 0.29) is 5.91 Å². The summed E-state index contributed by atoms with van der Waals surface area (Å²) in [5.41, 5.74) is 4.45. The molecule has 0 fully saturated rings. The highest BCUT2D eigenvalue weighted by atomic mass is 16.5. The van der Waals surface area contributed by atoms with Crippen molar-refractivity contribution < 1.29 is 14.3 Å². The van der Waals surface area contributed by atoms with Gasteiger partial charge in [0.2, 0.25) is 11.7 Å². The van der Waals surface area contributed by atoms with Gasteiger partial charge in [0.15, 0.2) is 11.5 Å². The zero-order valence-corrected chi connectivity index (χ0v) is 17.9. The minimum atomic E-state index is -0.612. The average molecular weight is 440 g/mol. The van der Waals surface area contributed by atoms with E-state index in [1.807, 2.05) is 60.7 Å². The number of anilines is 1. The number of H-pyrrole nitrogens is 1. The molecule has 1 unspecified atom stereocenters. The van der Waals surface area contributed by atoms with Gasteiger partial charge >= 0.3 is 0 Å². The fourth-order valence-electron chi connectivity index (χ4n) is 3.87. The second-order valence-corrected chi connectivity index (χ2v) is 7.36. The summed E-state index contributed by atoms with van der Waals surface area (Å²) in [6, 6.07) is 20.7. The third-order valence-corrected chi connectivity index (χ3v) is 5.45. The Labute approximate surface area is 189 Å². The molecule has 33 heavy (non-hydrogen) atoms. The summed E-state index contributed by atoms with van der Waals surface area (Å²) in [6.45, 7) is 0. The van der Waals surface area contributed by atoms with Gasteiger partial charge < -0.3 is 14.8 Å². The van der Waals surface area contributed by atoms with E-state index >= 15 is 0 Å². The second kappa shape index (κ2) is 8.54. The van der Waals surface area contributed by atoms with Crippen molar-refractivity contribution in [1.29, 1.82) is 0 Å². The van der Waals surface area contributed by atoms with Gasteiger partial charge in [-0.1, -0.05) is 30.3 Å². The molecule has 1 aliphatic rings. The predicted molar refractivity (Wildman–Crippen MR) is 123 cm³/mol. The molecule has 9 heteroatoms. The standard InChI is InChI=1S/C24H20N6O3/c1-32-19-12-17-18(13-20(19)33-2)26-24(31)21(17)22(14-6-4-3-5-7-14)25-16-10-8-15(9-11-16)23-27-29-30-28-23/h3-13,21H,1-2H3,(H,26,31)(H,27,28,29,30). The molecule has 1 aromatic heterocycles. The number of nitrogens with zero attached hydrogens (tertiary/aromatic N) is 4. The molecule has 0 aliphatic carbocycles. The Morgan fingerprint density at radius 1 is 0.970 bits per heavy atom.